The van der Waals surface area contributed by atoms with E-state index in [0.717, 1.165) is 0 Å². The van der Waals surface area contributed by atoms with Crippen LogP contribution in [0, 0.1) is 10.1 Å². The highest BCUT2D eigenvalue weighted by atomic mass is 79.9. The summed E-state index contributed by atoms with van der Waals surface area (Å²) < 4.78 is 6.72. The topological polar surface area (TPSA) is 78.2 Å². The summed E-state index contributed by atoms with van der Waals surface area (Å²) >= 11 is 6.48. The number of nitro groups is 1. The number of nitrogens with zero attached hydrogens (tertiary/aromatic N) is 3. The molecule has 0 atom stereocenters. The van der Waals surface area contributed by atoms with Gasteiger partial charge in [0.2, 0.25) is 5.88 Å². The molecule has 6 nitrogen and oxygen atoms in total. The number of rotatable bonds is 4. The van der Waals surface area contributed by atoms with E-state index >= 15 is 0 Å². The van der Waals surface area contributed by atoms with Crippen molar-refractivity contribution in [3.8, 4) is 11.6 Å². The molecule has 2 rings (SSSR count). The lowest BCUT2D eigenvalue weighted by Crippen LogP contribution is -1.97. The van der Waals surface area contributed by atoms with Crippen molar-refractivity contribution < 1.29 is 9.66 Å². The SMILES string of the molecule is CCc1nc(Br)cc(Oc2cc(Br)cc([N+](=O)[O-])c2)n1. The zero-order valence-electron chi connectivity index (χ0n) is 10.3. The number of halogens is 2. The second-order valence-electron chi connectivity index (χ2n) is 3.80. The van der Waals surface area contributed by atoms with Crippen molar-refractivity contribution in [3.05, 3.63) is 49.3 Å². The van der Waals surface area contributed by atoms with Gasteiger partial charge in [-0.2, -0.15) is 4.98 Å². The van der Waals surface area contributed by atoms with Gasteiger partial charge >= 0.3 is 0 Å². The van der Waals surface area contributed by atoms with Crippen LogP contribution in [-0.4, -0.2) is 14.9 Å². The molecular weight excluding hydrogens is 394 g/mol. The molecule has 0 amide bonds. The van der Waals surface area contributed by atoms with Crippen molar-refractivity contribution in [3.63, 3.8) is 0 Å². The Labute approximate surface area is 131 Å². The average Bonchev–Trinajstić information content (AvgIpc) is 2.37. The maximum atomic E-state index is 10.8. The molecule has 1 aromatic carbocycles. The number of nitro benzene ring substituents is 1. The molecule has 20 heavy (non-hydrogen) atoms. The first-order valence-corrected chi connectivity index (χ1v) is 7.23. The van der Waals surface area contributed by atoms with Gasteiger partial charge in [-0.3, -0.25) is 10.1 Å². The van der Waals surface area contributed by atoms with Crippen LogP contribution in [0.15, 0.2) is 33.3 Å². The quantitative estimate of drug-likeness (QED) is 0.433. The average molecular weight is 403 g/mol. The minimum atomic E-state index is -0.481. The van der Waals surface area contributed by atoms with E-state index in [9.17, 15) is 10.1 Å². The Morgan fingerprint density at radius 3 is 2.65 bits per heavy atom. The lowest BCUT2D eigenvalue weighted by molar-refractivity contribution is -0.385. The Morgan fingerprint density at radius 2 is 2.00 bits per heavy atom. The zero-order chi connectivity index (χ0) is 14.7. The molecule has 1 heterocycles. The smallest absolute Gasteiger partial charge is 0.274 e. The third kappa shape index (κ3) is 3.73. The van der Waals surface area contributed by atoms with Crippen LogP contribution in [0.2, 0.25) is 0 Å². The molecule has 0 spiro atoms. The summed E-state index contributed by atoms with van der Waals surface area (Å²) in [5, 5.41) is 10.8. The number of benzene rings is 1. The van der Waals surface area contributed by atoms with Gasteiger partial charge in [-0.15, -0.1) is 0 Å². The van der Waals surface area contributed by atoms with E-state index in [-0.39, 0.29) is 5.69 Å². The molecular formula is C12H9Br2N3O3. The van der Waals surface area contributed by atoms with Crippen LogP contribution in [0.1, 0.15) is 12.7 Å². The largest absolute Gasteiger partial charge is 0.439 e. The van der Waals surface area contributed by atoms with Crippen molar-refractivity contribution in [1.82, 2.24) is 9.97 Å². The molecule has 0 fully saturated rings. The predicted molar refractivity (Wildman–Crippen MR) is 80.0 cm³/mol. The highest BCUT2D eigenvalue weighted by Crippen LogP contribution is 2.29. The van der Waals surface area contributed by atoms with Gasteiger partial charge in [0.05, 0.1) is 11.0 Å². The monoisotopic (exact) mass is 401 g/mol. The van der Waals surface area contributed by atoms with Gasteiger partial charge in [0.25, 0.3) is 5.69 Å². The number of hydrogen-bond acceptors (Lipinski definition) is 5. The van der Waals surface area contributed by atoms with Crippen LogP contribution < -0.4 is 4.74 Å². The minimum absolute atomic E-state index is 0.0572. The fourth-order valence-electron chi connectivity index (χ4n) is 1.49. The molecule has 104 valence electrons. The van der Waals surface area contributed by atoms with Crippen LogP contribution in [0.5, 0.6) is 11.6 Å². The molecule has 0 aliphatic rings. The summed E-state index contributed by atoms with van der Waals surface area (Å²) in [5.41, 5.74) is -0.0572. The second kappa shape index (κ2) is 6.27. The molecule has 8 heteroatoms. The normalized spacial score (nSPS) is 10.3. The van der Waals surface area contributed by atoms with Gasteiger partial charge < -0.3 is 4.74 Å². The van der Waals surface area contributed by atoms with Crippen LogP contribution in [0.3, 0.4) is 0 Å². The molecule has 0 aliphatic heterocycles. The Bertz CT molecular complexity index is 664. The van der Waals surface area contributed by atoms with Gasteiger partial charge in [-0.05, 0) is 22.0 Å². The maximum absolute atomic E-state index is 10.8. The summed E-state index contributed by atoms with van der Waals surface area (Å²) in [7, 11) is 0. The molecule has 0 bridgehead atoms. The number of hydrogen-bond donors (Lipinski definition) is 0. The fourth-order valence-corrected chi connectivity index (χ4v) is 2.35. The van der Waals surface area contributed by atoms with Crippen LogP contribution in [0.25, 0.3) is 0 Å². The summed E-state index contributed by atoms with van der Waals surface area (Å²) in [6.07, 6.45) is 0.661. The van der Waals surface area contributed by atoms with Crippen LogP contribution in [0.4, 0.5) is 5.69 Å². The highest BCUT2D eigenvalue weighted by Gasteiger charge is 2.11. The van der Waals surface area contributed by atoms with Crippen molar-refractivity contribution in [2.45, 2.75) is 13.3 Å². The van der Waals surface area contributed by atoms with Gasteiger partial charge in [0, 0.05) is 23.0 Å². The minimum Gasteiger partial charge on any atom is -0.439 e. The Kier molecular flexibility index (Phi) is 4.66. The predicted octanol–water partition coefficient (Wildman–Crippen LogP) is 4.26. The number of aryl methyl sites for hydroxylation is 1. The van der Waals surface area contributed by atoms with E-state index in [1.165, 1.54) is 12.1 Å². The lowest BCUT2D eigenvalue weighted by Gasteiger charge is -2.07. The molecule has 0 saturated heterocycles. The summed E-state index contributed by atoms with van der Waals surface area (Å²) in [5.74, 6) is 1.29. The number of aromatic nitrogens is 2. The van der Waals surface area contributed by atoms with E-state index in [2.05, 4.69) is 41.8 Å². The van der Waals surface area contributed by atoms with E-state index in [4.69, 9.17) is 4.74 Å². The molecule has 0 N–H and O–H groups in total. The third-order valence-corrected chi connectivity index (χ3v) is 3.19. The van der Waals surface area contributed by atoms with E-state index < -0.39 is 4.92 Å². The first-order chi connectivity index (χ1) is 9.47. The van der Waals surface area contributed by atoms with Gasteiger partial charge in [-0.1, -0.05) is 22.9 Å². The summed E-state index contributed by atoms with van der Waals surface area (Å²) in [6, 6.07) is 5.98. The van der Waals surface area contributed by atoms with E-state index in [0.29, 0.717) is 33.0 Å². The van der Waals surface area contributed by atoms with Crippen molar-refractivity contribution >= 4 is 37.5 Å². The fraction of sp³-hybridized carbons (Fsp3) is 0.167. The Balaban J connectivity index is 2.34. The first-order valence-electron chi connectivity index (χ1n) is 5.64. The molecule has 0 saturated carbocycles. The zero-order valence-corrected chi connectivity index (χ0v) is 13.5. The van der Waals surface area contributed by atoms with Crippen molar-refractivity contribution in [2.75, 3.05) is 0 Å². The maximum Gasteiger partial charge on any atom is 0.274 e. The van der Waals surface area contributed by atoms with Gasteiger partial charge in [0.15, 0.2) is 0 Å². The van der Waals surface area contributed by atoms with Crippen LogP contribution in [-0.2, 0) is 6.42 Å². The van der Waals surface area contributed by atoms with Crippen molar-refractivity contribution in [2.24, 2.45) is 0 Å². The van der Waals surface area contributed by atoms with Crippen molar-refractivity contribution in [1.29, 1.82) is 0 Å². The Hall–Kier alpha value is -1.54. The molecule has 0 unspecified atom stereocenters. The Morgan fingerprint density at radius 1 is 1.25 bits per heavy atom. The summed E-state index contributed by atoms with van der Waals surface area (Å²) in [4.78, 5) is 18.7. The molecule has 1 aromatic heterocycles. The first kappa shape index (κ1) is 14.9. The summed E-state index contributed by atoms with van der Waals surface area (Å²) in [6.45, 7) is 1.93. The molecule has 2 aromatic rings. The van der Waals surface area contributed by atoms with Gasteiger partial charge in [-0.25, -0.2) is 4.98 Å². The number of ether oxygens (including phenoxy) is 1. The highest BCUT2D eigenvalue weighted by molar-refractivity contribution is 9.10. The number of non-ortho nitro benzene ring substituents is 1. The second-order valence-corrected chi connectivity index (χ2v) is 5.53. The molecule has 0 radical (unpaired) electrons. The molecule has 0 aliphatic carbocycles. The van der Waals surface area contributed by atoms with Crippen LogP contribution >= 0.6 is 31.9 Å². The van der Waals surface area contributed by atoms with E-state index in [1.807, 2.05) is 6.92 Å². The van der Waals surface area contributed by atoms with E-state index in [1.54, 1.807) is 12.1 Å². The van der Waals surface area contributed by atoms with Gasteiger partial charge in [0.1, 0.15) is 16.2 Å². The standard InChI is InChI=1S/C12H9Br2N3O3/c1-2-11-15-10(14)6-12(16-11)20-9-4-7(13)3-8(5-9)17(18)19/h3-6H,2H2,1H3. The lowest BCUT2D eigenvalue weighted by atomic mass is 10.3. The third-order valence-electron chi connectivity index (χ3n) is 2.32.